The van der Waals surface area contributed by atoms with E-state index in [2.05, 4.69) is 15.2 Å². The average molecular weight is 456 g/mol. The molecular formula is C28H29N3O3. The number of hydrogen-bond donors (Lipinski definition) is 1. The summed E-state index contributed by atoms with van der Waals surface area (Å²) in [5, 5.41) is 3.00. The van der Waals surface area contributed by atoms with Crippen LogP contribution in [0.2, 0.25) is 0 Å². The van der Waals surface area contributed by atoms with Gasteiger partial charge in [-0.1, -0.05) is 12.1 Å². The maximum Gasteiger partial charge on any atom is 0.253 e. The van der Waals surface area contributed by atoms with E-state index in [4.69, 9.17) is 9.47 Å². The second-order valence-electron chi connectivity index (χ2n) is 9.62. The van der Waals surface area contributed by atoms with Crippen molar-refractivity contribution in [2.24, 2.45) is 5.92 Å². The van der Waals surface area contributed by atoms with Crippen LogP contribution in [0.1, 0.15) is 35.2 Å². The summed E-state index contributed by atoms with van der Waals surface area (Å²) in [6.07, 6.45) is 5.55. The van der Waals surface area contributed by atoms with Crippen LogP contribution < -0.4 is 14.8 Å². The Balaban J connectivity index is 1.04. The summed E-state index contributed by atoms with van der Waals surface area (Å²) in [4.78, 5) is 19.8. The van der Waals surface area contributed by atoms with E-state index in [-0.39, 0.29) is 5.91 Å². The number of piperidine rings is 1. The molecule has 6 heteroatoms. The average Bonchev–Trinajstić information content (AvgIpc) is 3.40. The zero-order valence-corrected chi connectivity index (χ0v) is 19.3. The van der Waals surface area contributed by atoms with Crippen LogP contribution in [-0.4, -0.2) is 47.6 Å². The van der Waals surface area contributed by atoms with Gasteiger partial charge in [-0.2, -0.15) is 0 Å². The number of carbonyl (C=O) groups is 1. The lowest BCUT2D eigenvalue weighted by atomic mass is 9.88. The van der Waals surface area contributed by atoms with Crippen LogP contribution in [0.25, 0.3) is 11.3 Å². The molecule has 5 heterocycles. The molecule has 174 valence electrons. The van der Waals surface area contributed by atoms with Gasteiger partial charge in [-0.3, -0.25) is 14.7 Å². The van der Waals surface area contributed by atoms with Crippen molar-refractivity contribution in [2.75, 3.05) is 13.7 Å². The Bertz CT molecular complexity index is 1170. The monoisotopic (exact) mass is 455 g/mol. The Morgan fingerprint density at radius 3 is 2.71 bits per heavy atom. The molecule has 4 aliphatic rings. The minimum Gasteiger partial charge on any atom is -0.497 e. The van der Waals surface area contributed by atoms with Gasteiger partial charge < -0.3 is 14.8 Å². The molecule has 2 aromatic carbocycles. The van der Waals surface area contributed by atoms with Crippen molar-refractivity contribution in [3.63, 3.8) is 0 Å². The molecule has 0 aliphatic carbocycles. The van der Waals surface area contributed by atoms with Crippen LogP contribution in [-0.2, 0) is 6.54 Å². The molecule has 1 unspecified atom stereocenters. The van der Waals surface area contributed by atoms with E-state index < -0.39 is 0 Å². The van der Waals surface area contributed by atoms with Gasteiger partial charge >= 0.3 is 0 Å². The van der Waals surface area contributed by atoms with Crippen molar-refractivity contribution in [3.05, 3.63) is 78.0 Å². The van der Waals surface area contributed by atoms with Crippen LogP contribution in [0.4, 0.5) is 0 Å². The van der Waals surface area contributed by atoms with Gasteiger partial charge in [0.05, 0.1) is 18.4 Å². The van der Waals surface area contributed by atoms with Gasteiger partial charge in [0.1, 0.15) is 17.6 Å². The number of carbonyl (C=O) groups excluding carboxylic acids is 1. The Morgan fingerprint density at radius 1 is 1.06 bits per heavy atom. The summed E-state index contributed by atoms with van der Waals surface area (Å²) in [5.41, 5.74) is 3.36. The first-order valence-electron chi connectivity index (χ1n) is 12.1. The lowest BCUT2D eigenvalue weighted by Gasteiger charge is -2.46. The van der Waals surface area contributed by atoms with Crippen molar-refractivity contribution < 1.29 is 14.3 Å². The Labute approximate surface area is 199 Å². The molecular weight excluding hydrogens is 426 g/mol. The molecule has 0 spiro atoms. The number of pyridine rings is 1. The van der Waals surface area contributed by atoms with Gasteiger partial charge in [0, 0.05) is 43.4 Å². The number of methoxy groups -OCH3 is 1. The van der Waals surface area contributed by atoms with Crippen LogP contribution in [0.15, 0.2) is 66.9 Å². The molecule has 7 rings (SSSR count). The summed E-state index contributed by atoms with van der Waals surface area (Å²) in [6, 6.07) is 20.9. The maximum atomic E-state index is 12.7. The molecule has 34 heavy (non-hydrogen) atoms. The topological polar surface area (TPSA) is 63.7 Å². The minimum atomic E-state index is -0.141. The predicted molar refractivity (Wildman–Crippen MR) is 130 cm³/mol. The third kappa shape index (κ3) is 4.03. The number of nitrogens with one attached hydrogen (secondary N) is 1. The number of ether oxygens (including phenoxy) is 2. The SMILES string of the molecule is COc1ccc(-c2ccc(C(=O)NCc3cccc(O[C@H]4C[C@H]5C[C@H]6CN5[C@@H]6C4)c3)cn2)cc1. The number of hydrogen-bond acceptors (Lipinski definition) is 5. The zero-order valence-electron chi connectivity index (χ0n) is 19.3. The minimum absolute atomic E-state index is 0.141. The molecule has 0 saturated carbocycles. The summed E-state index contributed by atoms with van der Waals surface area (Å²) in [5.74, 6) is 2.46. The molecule has 4 aliphatic heterocycles. The van der Waals surface area contributed by atoms with E-state index in [9.17, 15) is 4.79 Å². The number of aromatic nitrogens is 1. The van der Waals surface area contributed by atoms with Gasteiger partial charge in [-0.05, 0) is 72.9 Å². The normalized spacial score (nSPS) is 26.4. The largest absolute Gasteiger partial charge is 0.497 e. The Hall–Kier alpha value is -3.38. The van der Waals surface area contributed by atoms with Gasteiger partial charge in [-0.15, -0.1) is 0 Å². The molecule has 4 bridgehead atoms. The molecule has 4 fully saturated rings. The van der Waals surface area contributed by atoms with Crippen molar-refractivity contribution in [1.82, 2.24) is 15.2 Å². The highest BCUT2D eigenvalue weighted by Gasteiger charge is 2.55. The van der Waals surface area contributed by atoms with Crippen molar-refractivity contribution in [3.8, 4) is 22.8 Å². The molecule has 1 N–H and O–H groups in total. The first-order chi connectivity index (χ1) is 16.7. The maximum absolute atomic E-state index is 12.7. The Kier molecular flexibility index (Phi) is 5.46. The third-order valence-corrected chi connectivity index (χ3v) is 7.56. The van der Waals surface area contributed by atoms with Gasteiger partial charge in [0.2, 0.25) is 0 Å². The highest BCUT2D eigenvalue weighted by molar-refractivity contribution is 5.94. The van der Waals surface area contributed by atoms with Crippen molar-refractivity contribution in [2.45, 2.75) is 44.0 Å². The number of amides is 1. The first kappa shape index (κ1) is 21.2. The quantitative estimate of drug-likeness (QED) is 0.576. The lowest BCUT2D eigenvalue weighted by molar-refractivity contribution is -0.00908. The molecule has 6 nitrogen and oxygen atoms in total. The summed E-state index contributed by atoms with van der Waals surface area (Å²) in [6.45, 7) is 1.75. The summed E-state index contributed by atoms with van der Waals surface area (Å²) in [7, 11) is 1.64. The van der Waals surface area contributed by atoms with E-state index in [1.807, 2.05) is 54.6 Å². The van der Waals surface area contributed by atoms with Crippen molar-refractivity contribution >= 4 is 5.91 Å². The van der Waals surface area contributed by atoms with Gasteiger partial charge in [0.25, 0.3) is 5.91 Å². The van der Waals surface area contributed by atoms with Crippen molar-refractivity contribution in [1.29, 1.82) is 0 Å². The summed E-state index contributed by atoms with van der Waals surface area (Å²) < 4.78 is 11.5. The van der Waals surface area contributed by atoms with E-state index >= 15 is 0 Å². The van der Waals surface area contributed by atoms with Crippen LogP contribution in [0, 0.1) is 5.92 Å². The smallest absolute Gasteiger partial charge is 0.253 e. The van der Waals surface area contributed by atoms with E-state index in [1.54, 1.807) is 19.4 Å². The number of benzene rings is 2. The second kappa shape index (κ2) is 8.76. The molecule has 4 saturated heterocycles. The lowest BCUT2D eigenvalue weighted by Crippen LogP contribution is -2.55. The standard InChI is InChI=1S/C28H29N3O3/c1-33-23-8-5-19(6-9-23)26-10-7-20(16-29-26)28(32)30-15-18-3-2-4-24(11-18)34-25-13-22-12-21-17-31(22)27(21)14-25/h2-11,16,21-22,25,27H,12-15,17H2,1H3,(H,30,32)/t21-,22+,25-,27+/m0/s1. The number of rotatable bonds is 7. The molecule has 1 aromatic heterocycles. The second-order valence-corrected chi connectivity index (χ2v) is 9.62. The van der Waals surface area contributed by atoms with E-state index in [1.165, 1.54) is 13.0 Å². The zero-order chi connectivity index (χ0) is 23.1. The van der Waals surface area contributed by atoms with Crippen LogP contribution in [0.3, 0.4) is 0 Å². The fourth-order valence-electron chi connectivity index (χ4n) is 5.79. The van der Waals surface area contributed by atoms with E-state index in [0.29, 0.717) is 18.2 Å². The van der Waals surface area contributed by atoms with Gasteiger partial charge in [-0.25, -0.2) is 0 Å². The molecule has 0 radical (unpaired) electrons. The Morgan fingerprint density at radius 2 is 1.94 bits per heavy atom. The number of nitrogens with zero attached hydrogens (tertiary/aromatic N) is 2. The molecule has 3 aromatic rings. The highest BCUT2D eigenvalue weighted by atomic mass is 16.5. The predicted octanol–water partition coefficient (Wildman–Crippen LogP) is 4.30. The fourth-order valence-corrected chi connectivity index (χ4v) is 5.79. The molecule has 1 amide bonds. The van der Waals surface area contributed by atoms with Crippen LogP contribution in [0.5, 0.6) is 11.5 Å². The molecule has 5 atom stereocenters. The summed E-state index contributed by atoms with van der Waals surface area (Å²) >= 11 is 0. The fraction of sp³-hybridized carbons (Fsp3) is 0.357. The highest BCUT2D eigenvalue weighted by Crippen LogP contribution is 2.48. The van der Waals surface area contributed by atoms with Crippen LogP contribution >= 0.6 is 0 Å². The van der Waals surface area contributed by atoms with E-state index in [0.717, 1.165) is 59.2 Å². The first-order valence-corrected chi connectivity index (χ1v) is 12.1. The third-order valence-electron chi connectivity index (χ3n) is 7.56. The van der Waals surface area contributed by atoms with Gasteiger partial charge in [0.15, 0.2) is 0 Å².